The Bertz CT molecular complexity index is 1510. The number of halogens is 2. The molecule has 0 aromatic heterocycles. The second kappa shape index (κ2) is 13.4. The first-order chi connectivity index (χ1) is 20.7. The predicted octanol–water partition coefficient (Wildman–Crippen LogP) is 5.79. The average Bonchev–Trinajstić information content (AvgIpc) is 2.98. The third-order valence-corrected chi connectivity index (χ3v) is 8.83. The third-order valence-electron chi connectivity index (χ3n) is 8.26. The van der Waals surface area contributed by atoms with Crippen molar-refractivity contribution in [3.05, 3.63) is 99.0 Å². The van der Waals surface area contributed by atoms with Gasteiger partial charge in [-0.3, -0.25) is 9.59 Å². The van der Waals surface area contributed by atoms with Crippen molar-refractivity contribution in [2.75, 3.05) is 6.54 Å². The Morgan fingerprint density at radius 2 is 1.79 bits per heavy atom. The monoisotopic (exact) mass is 624 g/mol. The summed E-state index contributed by atoms with van der Waals surface area (Å²) in [5.74, 6) is -1.95. The number of aliphatic hydroxyl groups excluding tert-OH is 1. The van der Waals surface area contributed by atoms with Gasteiger partial charge in [0, 0.05) is 22.2 Å². The number of nitrogens with one attached hydrogen (secondary N) is 1. The number of carbonyl (C=O) groups is 3. The second-order valence-corrected chi connectivity index (χ2v) is 11.9. The molecule has 1 aliphatic heterocycles. The maximum Gasteiger partial charge on any atom is 0.344 e. The van der Waals surface area contributed by atoms with E-state index in [2.05, 4.69) is 5.32 Å². The van der Waals surface area contributed by atoms with Crippen LogP contribution in [0.15, 0.2) is 66.7 Å². The van der Waals surface area contributed by atoms with Crippen molar-refractivity contribution in [2.45, 2.75) is 69.2 Å². The molecule has 0 spiro atoms. The first kappa shape index (κ1) is 30.9. The van der Waals surface area contributed by atoms with Gasteiger partial charge in [0.1, 0.15) is 5.75 Å². The van der Waals surface area contributed by atoms with E-state index in [1.165, 1.54) is 6.92 Å². The van der Waals surface area contributed by atoms with Crippen molar-refractivity contribution in [1.29, 1.82) is 0 Å². The minimum atomic E-state index is -1.06. The van der Waals surface area contributed by atoms with Crippen molar-refractivity contribution in [1.82, 2.24) is 10.2 Å². The van der Waals surface area contributed by atoms with Crippen molar-refractivity contribution in [3.8, 4) is 5.75 Å². The molecular weight excluding hydrogens is 591 g/mol. The molecular formula is C33H34Cl2N2O6. The molecule has 3 N–H and O–H groups in total. The molecule has 226 valence electrons. The molecule has 0 bridgehead atoms. The van der Waals surface area contributed by atoms with Gasteiger partial charge in [0.2, 0.25) is 5.91 Å². The zero-order valence-corrected chi connectivity index (χ0v) is 25.2. The van der Waals surface area contributed by atoms with Crippen molar-refractivity contribution in [3.63, 3.8) is 0 Å². The molecule has 1 fully saturated rings. The highest BCUT2D eigenvalue weighted by molar-refractivity contribution is 6.35. The maximum atomic E-state index is 14.1. The third kappa shape index (κ3) is 6.66. The summed E-state index contributed by atoms with van der Waals surface area (Å²) in [6.45, 7) is 1.75. The number of hydrogen-bond acceptors (Lipinski definition) is 5. The lowest BCUT2D eigenvalue weighted by molar-refractivity contribution is -0.144. The molecule has 3 aromatic rings. The topological polar surface area (TPSA) is 116 Å². The fourth-order valence-corrected chi connectivity index (χ4v) is 6.68. The summed E-state index contributed by atoms with van der Waals surface area (Å²) in [5, 5.41) is 24.1. The lowest BCUT2D eigenvalue weighted by Crippen LogP contribution is -2.55. The van der Waals surface area contributed by atoms with Crippen molar-refractivity contribution in [2.24, 2.45) is 0 Å². The summed E-state index contributed by atoms with van der Waals surface area (Å²) in [7, 11) is 0. The molecule has 5 rings (SSSR count). The molecule has 43 heavy (non-hydrogen) atoms. The van der Waals surface area contributed by atoms with E-state index in [0.717, 1.165) is 18.4 Å². The minimum absolute atomic E-state index is 0.242. The Kier molecular flexibility index (Phi) is 9.59. The van der Waals surface area contributed by atoms with E-state index < -0.39 is 36.2 Å². The summed E-state index contributed by atoms with van der Waals surface area (Å²) >= 11 is 13.0. The van der Waals surface area contributed by atoms with Gasteiger partial charge in [-0.05, 0) is 73.2 Å². The van der Waals surface area contributed by atoms with E-state index in [0.29, 0.717) is 51.7 Å². The Labute approximate surface area is 260 Å². The first-order valence-corrected chi connectivity index (χ1v) is 15.2. The van der Waals surface area contributed by atoms with Gasteiger partial charge in [-0.2, -0.15) is 0 Å². The Hall–Kier alpha value is -3.59. The van der Waals surface area contributed by atoms with E-state index in [-0.39, 0.29) is 18.4 Å². The molecule has 10 heteroatoms. The van der Waals surface area contributed by atoms with Gasteiger partial charge < -0.3 is 25.2 Å². The molecule has 3 aromatic carbocycles. The number of nitrogens with zero attached hydrogens (tertiary/aromatic N) is 1. The molecule has 0 saturated heterocycles. The lowest BCUT2D eigenvalue weighted by Gasteiger charge is -2.48. The second-order valence-electron chi connectivity index (χ2n) is 11.1. The highest BCUT2D eigenvalue weighted by atomic mass is 35.5. The van der Waals surface area contributed by atoms with Gasteiger partial charge in [-0.25, -0.2) is 4.79 Å². The van der Waals surface area contributed by atoms with E-state index in [1.807, 2.05) is 12.1 Å². The number of ether oxygens (including phenoxy) is 1. The summed E-state index contributed by atoms with van der Waals surface area (Å²) in [4.78, 5) is 41.1. The number of aliphatic carboxylic acids is 1. The molecule has 1 heterocycles. The molecule has 0 radical (unpaired) electrons. The van der Waals surface area contributed by atoms with Crippen LogP contribution in [0.1, 0.15) is 71.6 Å². The van der Waals surface area contributed by atoms with Crippen LogP contribution in [0, 0.1) is 0 Å². The molecule has 5 atom stereocenters. The number of fused-ring (bicyclic) bond motifs is 1. The van der Waals surface area contributed by atoms with E-state index in [9.17, 15) is 19.5 Å². The molecule has 1 aliphatic carbocycles. The summed E-state index contributed by atoms with van der Waals surface area (Å²) in [6.07, 6.45) is 1.67. The number of rotatable bonds is 9. The molecule has 2 unspecified atom stereocenters. The van der Waals surface area contributed by atoms with Gasteiger partial charge in [-0.1, -0.05) is 72.4 Å². The highest BCUT2D eigenvalue weighted by Crippen LogP contribution is 2.47. The standard InChI is InChI=1S/C33H34Cl2N2O6/c1-19(33(41)42)43-22-8-6-7-20(17-22)15-16-36-31(39)29-23-9-2-3-10-24(23)32(40)37(27-11-4-5-12-28(27)38)30(29)25-14-13-21(34)18-26(25)35/h2-3,6-10,13-14,17-19,27-30,38H,4-5,11-12,15-16H2,1H3,(H,36,39)(H,41,42)/t19-,27-,28?,29+,30?/m0/s1. The zero-order chi connectivity index (χ0) is 30.7. The number of hydrogen-bond donors (Lipinski definition) is 3. The fourth-order valence-electron chi connectivity index (χ4n) is 6.16. The number of carbonyl (C=O) groups excluding carboxylic acids is 2. The highest BCUT2D eigenvalue weighted by Gasteiger charge is 2.48. The van der Waals surface area contributed by atoms with Gasteiger partial charge in [0.25, 0.3) is 5.91 Å². The van der Waals surface area contributed by atoms with Crippen LogP contribution in [-0.4, -0.2) is 57.7 Å². The molecule has 8 nitrogen and oxygen atoms in total. The van der Waals surface area contributed by atoms with Crippen LogP contribution < -0.4 is 10.1 Å². The summed E-state index contributed by atoms with van der Waals surface area (Å²) < 4.78 is 5.48. The van der Waals surface area contributed by atoms with E-state index in [1.54, 1.807) is 59.5 Å². The predicted molar refractivity (Wildman–Crippen MR) is 164 cm³/mol. The molecule has 2 aliphatic rings. The van der Waals surface area contributed by atoms with Gasteiger partial charge >= 0.3 is 5.97 Å². The molecule has 1 saturated carbocycles. The van der Waals surface area contributed by atoms with Crippen LogP contribution in [0.25, 0.3) is 0 Å². The molecule has 2 amide bonds. The van der Waals surface area contributed by atoms with Crippen LogP contribution in [0.5, 0.6) is 5.75 Å². The quantitative estimate of drug-likeness (QED) is 0.277. The van der Waals surface area contributed by atoms with Crippen LogP contribution in [0.4, 0.5) is 0 Å². The van der Waals surface area contributed by atoms with E-state index in [4.69, 9.17) is 33.0 Å². The summed E-state index contributed by atoms with van der Waals surface area (Å²) in [5.41, 5.74) is 2.47. The normalized spacial score (nSPS) is 22.4. The maximum absolute atomic E-state index is 14.1. The minimum Gasteiger partial charge on any atom is -0.479 e. The van der Waals surface area contributed by atoms with Gasteiger partial charge in [0.05, 0.1) is 24.1 Å². The Balaban J connectivity index is 1.46. The fraction of sp³-hybridized carbons (Fsp3) is 0.364. The van der Waals surface area contributed by atoms with Crippen LogP contribution in [-0.2, 0) is 16.0 Å². The van der Waals surface area contributed by atoms with Gasteiger partial charge in [0.15, 0.2) is 6.10 Å². The Morgan fingerprint density at radius 1 is 1.02 bits per heavy atom. The SMILES string of the molecule is C[C@H](Oc1cccc(CCNC(=O)[C@@H]2c3ccccc3C(=O)N([C@H]3CCCCC3O)C2c2ccc(Cl)cc2Cl)c1)C(=O)O. The van der Waals surface area contributed by atoms with Crippen LogP contribution in [0.2, 0.25) is 10.0 Å². The number of aliphatic hydroxyl groups is 1. The number of carboxylic acids is 1. The largest absolute Gasteiger partial charge is 0.479 e. The lowest BCUT2D eigenvalue weighted by atomic mass is 9.76. The first-order valence-electron chi connectivity index (χ1n) is 14.5. The van der Waals surface area contributed by atoms with Crippen molar-refractivity contribution >= 4 is 41.0 Å². The number of carboxylic acid groups (broad SMARTS) is 1. The van der Waals surface area contributed by atoms with Gasteiger partial charge in [-0.15, -0.1) is 0 Å². The van der Waals surface area contributed by atoms with Crippen LogP contribution in [0.3, 0.4) is 0 Å². The Morgan fingerprint density at radius 3 is 2.53 bits per heavy atom. The number of amides is 2. The van der Waals surface area contributed by atoms with Crippen LogP contribution >= 0.6 is 23.2 Å². The number of benzene rings is 3. The average molecular weight is 626 g/mol. The summed E-state index contributed by atoms with van der Waals surface area (Å²) in [6, 6.07) is 18.0. The van der Waals surface area contributed by atoms with Crippen molar-refractivity contribution < 1.29 is 29.3 Å². The zero-order valence-electron chi connectivity index (χ0n) is 23.7. The van der Waals surface area contributed by atoms with E-state index >= 15 is 0 Å². The smallest absolute Gasteiger partial charge is 0.344 e.